The molecule has 0 unspecified atom stereocenters. The van der Waals surface area contributed by atoms with Gasteiger partial charge in [-0.3, -0.25) is 0 Å². The lowest BCUT2D eigenvalue weighted by Gasteiger charge is -2.06. The van der Waals surface area contributed by atoms with Crippen molar-refractivity contribution >= 4 is 23.2 Å². The number of aromatic hydroxyl groups is 1. The Kier molecular flexibility index (Phi) is 5.30. The lowest BCUT2D eigenvalue weighted by Crippen LogP contribution is -1.88. The van der Waals surface area contributed by atoms with Crippen LogP contribution in [0.25, 0.3) is 0 Å². The van der Waals surface area contributed by atoms with Crippen LogP contribution in [-0.4, -0.2) is 5.11 Å². The molecule has 0 aliphatic heterocycles. The van der Waals surface area contributed by atoms with Crippen LogP contribution >= 0.6 is 23.2 Å². The number of hydrogen-bond donors (Lipinski definition) is 1. The van der Waals surface area contributed by atoms with Gasteiger partial charge >= 0.3 is 0 Å². The Balaban J connectivity index is 2.89. The fourth-order valence-electron chi connectivity index (χ4n) is 1.32. The molecule has 1 nitrogen and oxygen atoms in total. The normalized spacial score (nSPS) is 11.6. The van der Waals surface area contributed by atoms with E-state index in [9.17, 15) is 5.11 Å². The standard InChI is InChI=1S/C12H12Cl2O/c13-8-2-6-10-4-1-5-11(12(10)15)7-3-9-14/h1-5,8-9,15H,6-7H2/b8-2+,9-3+. The summed E-state index contributed by atoms with van der Waals surface area (Å²) >= 11 is 10.9. The summed E-state index contributed by atoms with van der Waals surface area (Å²) in [6.07, 6.45) is 4.84. The molecule has 0 amide bonds. The van der Waals surface area contributed by atoms with E-state index in [4.69, 9.17) is 23.2 Å². The SMILES string of the molecule is Oc1c(C/C=C/Cl)cccc1C/C=C/Cl. The van der Waals surface area contributed by atoms with E-state index in [1.807, 2.05) is 18.2 Å². The topological polar surface area (TPSA) is 20.2 Å². The second-order valence-corrected chi connectivity index (χ2v) is 3.56. The van der Waals surface area contributed by atoms with Crippen molar-refractivity contribution in [3.05, 3.63) is 52.5 Å². The van der Waals surface area contributed by atoms with Crippen molar-refractivity contribution in [3.8, 4) is 5.75 Å². The predicted molar refractivity (Wildman–Crippen MR) is 65.5 cm³/mol. The van der Waals surface area contributed by atoms with Gasteiger partial charge in [0.2, 0.25) is 0 Å². The first-order valence-electron chi connectivity index (χ1n) is 4.59. The summed E-state index contributed by atoms with van der Waals surface area (Å²) < 4.78 is 0. The third kappa shape index (κ3) is 3.61. The van der Waals surface area contributed by atoms with Gasteiger partial charge in [-0.25, -0.2) is 0 Å². The van der Waals surface area contributed by atoms with Crippen LogP contribution in [0.1, 0.15) is 11.1 Å². The highest BCUT2D eigenvalue weighted by atomic mass is 35.5. The van der Waals surface area contributed by atoms with Crippen LogP contribution in [0.15, 0.2) is 41.4 Å². The first kappa shape index (κ1) is 12.2. The summed E-state index contributed by atoms with van der Waals surface area (Å²) in [6.45, 7) is 0. The van der Waals surface area contributed by atoms with Crippen molar-refractivity contribution < 1.29 is 5.11 Å². The van der Waals surface area contributed by atoms with Gasteiger partial charge in [0.05, 0.1) is 0 Å². The van der Waals surface area contributed by atoms with E-state index in [2.05, 4.69) is 0 Å². The van der Waals surface area contributed by atoms with Crippen molar-refractivity contribution in [2.24, 2.45) is 0 Å². The zero-order valence-electron chi connectivity index (χ0n) is 8.16. The van der Waals surface area contributed by atoms with Crippen molar-refractivity contribution in [2.75, 3.05) is 0 Å². The highest BCUT2D eigenvalue weighted by molar-refractivity contribution is 6.25. The van der Waals surface area contributed by atoms with Crippen LogP contribution in [0.4, 0.5) is 0 Å². The average Bonchev–Trinajstić information content (AvgIpc) is 2.26. The van der Waals surface area contributed by atoms with E-state index in [-0.39, 0.29) is 0 Å². The van der Waals surface area contributed by atoms with Crippen molar-refractivity contribution in [1.82, 2.24) is 0 Å². The second kappa shape index (κ2) is 6.54. The molecule has 1 aromatic carbocycles. The van der Waals surface area contributed by atoms with E-state index >= 15 is 0 Å². The Morgan fingerprint density at radius 1 is 1.00 bits per heavy atom. The molecule has 3 heteroatoms. The fourth-order valence-corrected chi connectivity index (χ4v) is 1.50. The fraction of sp³-hybridized carbons (Fsp3) is 0.167. The van der Waals surface area contributed by atoms with Crippen molar-refractivity contribution in [1.29, 1.82) is 0 Å². The number of benzene rings is 1. The van der Waals surface area contributed by atoms with Gasteiger partial charge in [-0.1, -0.05) is 53.6 Å². The quantitative estimate of drug-likeness (QED) is 0.847. The molecule has 0 aromatic heterocycles. The molecule has 80 valence electrons. The van der Waals surface area contributed by atoms with Gasteiger partial charge in [0.25, 0.3) is 0 Å². The maximum Gasteiger partial charge on any atom is 0.122 e. The van der Waals surface area contributed by atoms with E-state index in [1.54, 1.807) is 12.2 Å². The lowest BCUT2D eigenvalue weighted by atomic mass is 10.0. The van der Waals surface area contributed by atoms with Crippen LogP contribution in [0.3, 0.4) is 0 Å². The van der Waals surface area contributed by atoms with Crippen LogP contribution in [0.5, 0.6) is 5.75 Å². The van der Waals surface area contributed by atoms with Gasteiger partial charge in [-0.2, -0.15) is 0 Å². The van der Waals surface area contributed by atoms with Crippen molar-refractivity contribution in [2.45, 2.75) is 12.8 Å². The molecule has 0 aliphatic carbocycles. The molecule has 0 heterocycles. The summed E-state index contributed by atoms with van der Waals surface area (Å²) in [6, 6.07) is 5.66. The number of rotatable bonds is 4. The molecule has 1 rings (SSSR count). The molecule has 0 atom stereocenters. The Labute approximate surface area is 99.6 Å². The summed E-state index contributed by atoms with van der Waals surface area (Å²) in [7, 11) is 0. The van der Waals surface area contributed by atoms with Gasteiger partial charge in [0.1, 0.15) is 5.75 Å². The highest BCUT2D eigenvalue weighted by Crippen LogP contribution is 2.24. The van der Waals surface area contributed by atoms with Gasteiger partial charge < -0.3 is 5.11 Å². The van der Waals surface area contributed by atoms with Gasteiger partial charge in [-0.05, 0) is 24.0 Å². The lowest BCUT2D eigenvalue weighted by molar-refractivity contribution is 0.464. The third-order valence-corrected chi connectivity index (χ3v) is 2.41. The maximum atomic E-state index is 9.89. The largest absolute Gasteiger partial charge is 0.507 e. The molecule has 0 bridgehead atoms. The Morgan fingerprint density at radius 3 is 1.87 bits per heavy atom. The Morgan fingerprint density at radius 2 is 1.47 bits per heavy atom. The molecule has 1 N–H and O–H groups in total. The number of allylic oxidation sites excluding steroid dienone is 2. The second-order valence-electron chi connectivity index (χ2n) is 3.06. The molecular weight excluding hydrogens is 231 g/mol. The molecule has 0 fully saturated rings. The van der Waals surface area contributed by atoms with Crippen LogP contribution in [-0.2, 0) is 12.8 Å². The molecule has 1 aromatic rings. The zero-order valence-corrected chi connectivity index (χ0v) is 9.67. The van der Waals surface area contributed by atoms with E-state index < -0.39 is 0 Å². The number of phenols is 1. The number of phenolic OH excluding ortho intramolecular Hbond substituents is 1. The summed E-state index contributed by atoms with van der Waals surface area (Å²) in [4.78, 5) is 0. The maximum absolute atomic E-state index is 9.89. The summed E-state index contributed by atoms with van der Waals surface area (Å²) in [5.41, 5.74) is 4.63. The van der Waals surface area contributed by atoms with E-state index in [0.29, 0.717) is 18.6 Å². The minimum Gasteiger partial charge on any atom is -0.507 e. The predicted octanol–water partition coefficient (Wildman–Crippen LogP) is 3.98. The van der Waals surface area contributed by atoms with Crippen LogP contribution in [0.2, 0.25) is 0 Å². The van der Waals surface area contributed by atoms with Gasteiger partial charge in [0.15, 0.2) is 0 Å². The Bertz CT molecular complexity index is 338. The molecule has 0 spiro atoms. The van der Waals surface area contributed by atoms with E-state index in [1.165, 1.54) is 11.1 Å². The van der Waals surface area contributed by atoms with Gasteiger partial charge in [-0.15, -0.1) is 0 Å². The van der Waals surface area contributed by atoms with E-state index in [0.717, 1.165) is 11.1 Å². The van der Waals surface area contributed by atoms with Crippen molar-refractivity contribution in [3.63, 3.8) is 0 Å². The number of halogens is 2. The molecule has 0 radical (unpaired) electrons. The van der Waals surface area contributed by atoms with Gasteiger partial charge in [0, 0.05) is 11.1 Å². The number of para-hydroxylation sites is 1. The molecule has 0 saturated carbocycles. The highest BCUT2D eigenvalue weighted by Gasteiger charge is 2.03. The molecular formula is C12H12Cl2O. The minimum atomic E-state index is 0.321. The summed E-state index contributed by atoms with van der Waals surface area (Å²) in [5, 5.41) is 9.89. The average molecular weight is 243 g/mol. The minimum absolute atomic E-state index is 0.321. The van der Waals surface area contributed by atoms with Crippen LogP contribution < -0.4 is 0 Å². The molecule has 15 heavy (non-hydrogen) atoms. The zero-order chi connectivity index (χ0) is 11.1. The third-order valence-electron chi connectivity index (χ3n) is 2.06. The first-order chi connectivity index (χ1) is 7.29. The monoisotopic (exact) mass is 242 g/mol. The smallest absolute Gasteiger partial charge is 0.122 e. The number of hydrogen-bond acceptors (Lipinski definition) is 1. The molecule has 0 saturated heterocycles. The Hall–Kier alpha value is -0.920. The summed E-state index contributed by atoms with van der Waals surface area (Å²) in [5.74, 6) is 0.321. The first-order valence-corrected chi connectivity index (χ1v) is 5.47. The molecule has 0 aliphatic rings. The van der Waals surface area contributed by atoms with Crippen LogP contribution in [0, 0.1) is 0 Å².